The molecule has 0 aliphatic rings. The summed E-state index contributed by atoms with van der Waals surface area (Å²) < 4.78 is 1.88. The number of benzene rings is 2. The topological polar surface area (TPSA) is 36.7 Å². The lowest BCUT2D eigenvalue weighted by Gasteiger charge is -2.10. The summed E-state index contributed by atoms with van der Waals surface area (Å²) in [5, 5.41) is 1.05. The van der Waals surface area contributed by atoms with Crippen molar-refractivity contribution >= 4 is 10.9 Å². The first-order chi connectivity index (χ1) is 11.7. The molecule has 0 unspecified atom stereocenters. The summed E-state index contributed by atoms with van der Waals surface area (Å²) in [5.41, 5.74) is 4.54. The number of hydrogen-bond acceptors (Lipinski definition) is 1. The van der Waals surface area contributed by atoms with Gasteiger partial charge in [-0.1, -0.05) is 48.0 Å². The van der Waals surface area contributed by atoms with Gasteiger partial charge in [0.05, 0.1) is 5.56 Å². The van der Waals surface area contributed by atoms with Gasteiger partial charge >= 0.3 is 5.56 Å². The van der Waals surface area contributed by atoms with Crippen molar-refractivity contribution in [2.75, 3.05) is 0 Å². The summed E-state index contributed by atoms with van der Waals surface area (Å²) in [6.07, 6.45) is 3.80. The molecule has 0 amide bonds. The molecule has 4 rings (SSSR count). The zero-order valence-electron chi connectivity index (χ0n) is 13.4. The molecule has 0 fully saturated rings. The maximum absolute atomic E-state index is 12.8. The van der Waals surface area contributed by atoms with E-state index in [0.29, 0.717) is 5.69 Å². The van der Waals surface area contributed by atoms with Crippen molar-refractivity contribution in [2.45, 2.75) is 6.92 Å². The quantitative estimate of drug-likeness (QED) is 0.562. The fourth-order valence-corrected chi connectivity index (χ4v) is 3.09. The Morgan fingerprint density at radius 1 is 0.875 bits per heavy atom. The van der Waals surface area contributed by atoms with Crippen LogP contribution >= 0.6 is 0 Å². The number of aryl methyl sites for hydroxylation is 1. The van der Waals surface area contributed by atoms with Gasteiger partial charge in [0, 0.05) is 23.0 Å². The molecule has 2 aromatic carbocycles. The Hall–Kier alpha value is -3.20. The smallest absolute Gasteiger partial charge is 0.316 e. The first-order valence-electron chi connectivity index (χ1n) is 7.93. The predicted octanol–water partition coefficient (Wildman–Crippen LogP) is 3.78. The van der Waals surface area contributed by atoms with Gasteiger partial charge in [-0.25, -0.2) is 0 Å². The molecule has 0 saturated heterocycles. The summed E-state index contributed by atoms with van der Waals surface area (Å²) in [6.45, 7) is 2.06. The number of H-pyrrole nitrogens is 1. The van der Waals surface area contributed by atoms with Gasteiger partial charge in [0.15, 0.2) is 12.4 Å². The third-order valence-electron chi connectivity index (χ3n) is 4.18. The molecule has 2 aromatic heterocycles. The third kappa shape index (κ3) is 2.40. The van der Waals surface area contributed by atoms with Gasteiger partial charge in [0.2, 0.25) is 0 Å². The van der Waals surface area contributed by atoms with E-state index in [4.69, 9.17) is 0 Å². The predicted molar refractivity (Wildman–Crippen MR) is 96.3 cm³/mol. The lowest BCUT2D eigenvalue weighted by Crippen LogP contribution is -2.37. The normalized spacial score (nSPS) is 10.9. The molecule has 0 aliphatic heterocycles. The molecule has 0 radical (unpaired) electrons. The second-order valence-electron chi connectivity index (χ2n) is 5.88. The molecular weight excluding hydrogens is 296 g/mol. The van der Waals surface area contributed by atoms with Crippen LogP contribution in [0.5, 0.6) is 0 Å². The number of nitrogens with one attached hydrogen (secondary N) is 1. The van der Waals surface area contributed by atoms with Crippen LogP contribution in [0.25, 0.3) is 27.7 Å². The minimum absolute atomic E-state index is 0.0959. The van der Waals surface area contributed by atoms with E-state index in [2.05, 4.69) is 18.0 Å². The van der Waals surface area contributed by atoms with Gasteiger partial charge in [0.25, 0.3) is 5.69 Å². The number of aromatic amines is 1. The maximum atomic E-state index is 12.8. The molecule has 4 aromatic rings. The molecule has 0 bridgehead atoms. The Kier molecular flexibility index (Phi) is 3.47. The molecule has 3 nitrogen and oxygen atoms in total. The van der Waals surface area contributed by atoms with Crippen molar-refractivity contribution in [1.29, 1.82) is 0 Å². The van der Waals surface area contributed by atoms with E-state index in [1.807, 2.05) is 77.6 Å². The number of nitrogens with zero attached hydrogens (tertiary/aromatic N) is 1. The third-order valence-corrected chi connectivity index (χ3v) is 4.18. The highest BCUT2D eigenvalue weighted by atomic mass is 16.1. The van der Waals surface area contributed by atoms with Crippen LogP contribution in [0.15, 0.2) is 83.9 Å². The second kappa shape index (κ2) is 5.78. The molecule has 0 saturated carbocycles. The average molecular weight is 313 g/mol. The summed E-state index contributed by atoms with van der Waals surface area (Å²) in [7, 11) is 0. The van der Waals surface area contributed by atoms with E-state index < -0.39 is 0 Å². The average Bonchev–Trinajstić information content (AvgIpc) is 2.62. The van der Waals surface area contributed by atoms with Crippen molar-refractivity contribution in [1.82, 2.24) is 4.98 Å². The Labute approximate surface area is 139 Å². The van der Waals surface area contributed by atoms with Crippen LogP contribution in [0, 0.1) is 6.92 Å². The highest BCUT2D eigenvalue weighted by Crippen LogP contribution is 2.30. The van der Waals surface area contributed by atoms with Crippen molar-refractivity contribution in [3.05, 3.63) is 95.0 Å². The van der Waals surface area contributed by atoms with E-state index in [1.165, 1.54) is 0 Å². The lowest BCUT2D eigenvalue weighted by atomic mass is 9.98. The Morgan fingerprint density at radius 2 is 1.58 bits per heavy atom. The molecule has 2 heterocycles. The van der Waals surface area contributed by atoms with Gasteiger partial charge in [0.1, 0.15) is 0 Å². The van der Waals surface area contributed by atoms with Crippen molar-refractivity contribution in [3.8, 4) is 16.8 Å². The summed E-state index contributed by atoms with van der Waals surface area (Å²) >= 11 is 0. The van der Waals surface area contributed by atoms with Gasteiger partial charge < -0.3 is 4.98 Å². The van der Waals surface area contributed by atoms with Gasteiger partial charge in [-0.05, 0) is 24.6 Å². The van der Waals surface area contributed by atoms with Crippen molar-refractivity contribution in [2.24, 2.45) is 0 Å². The highest BCUT2D eigenvalue weighted by Gasteiger charge is 2.22. The van der Waals surface area contributed by atoms with Crippen LogP contribution in [0.4, 0.5) is 0 Å². The summed E-state index contributed by atoms with van der Waals surface area (Å²) in [6, 6.07) is 22.0. The van der Waals surface area contributed by atoms with Crippen molar-refractivity contribution in [3.63, 3.8) is 0 Å². The summed E-state index contributed by atoms with van der Waals surface area (Å²) in [4.78, 5) is 15.9. The van der Waals surface area contributed by atoms with E-state index in [-0.39, 0.29) is 5.56 Å². The van der Waals surface area contributed by atoms with Gasteiger partial charge in [-0.3, -0.25) is 4.79 Å². The molecule has 1 N–H and O–H groups in total. The van der Waals surface area contributed by atoms with Crippen LogP contribution in [-0.4, -0.2) is 4.98 Å². The minimum atomic E-state index is -0.0959. The Bertz CT molecular complexity index is 1070. The van der Waals surface area contributed by atoms with E-state index in [0.717, 1.165) is 27.6 Å². The molecule has 24 heavy (non-hydrogen) atoms. The highest BCUT2D eigenvalue weighted by molar-refractivity contribution is 5.97. The van der Waals surface area contributed by atoms with Gasteiger partial charge in [-0.15, -0.1) is 0 Å². The zero-order valence-corrected chi connectivity index (χ0v) is 13.4. The Morgan fingerprint density at radius 3 is 2.33 bits per heavy atom. The fourth-order valence-electron chi connectivity index (χ4n) is 3.09. The molecular formula is C21H17N2O+. The fraction of sp³-hybridized carbons (Fsp3) is 0.0476. The van der Waals surface area contributed by atoms with Crippen LogP contribution in [0.1, 0.15) is 5.56 Å². The monoisotopic (exact) mass is 313 g/mol. The maximum Gasteiger partial charge on any atom is 0.321 e. The van der Waals surface area contributed by atoms with Crippen LogP contribution in [0.2, 0.25) is 0 Å². The zero-order chi connectivity index (χ0) is 16.5. The van der Waals surface area contributed by atoms with Crippen LogP contribution in [-0.2, 0) is 0 Å². The second-order valence-corrected chi connectivity index (χ2v) is 5.88. The van der Waals surface area contributed by atoms with Crippen LogP contribution in [0.3, 0.4) is 0 Å². The first kappa shape index (κ1) is 14.4. The molecule has 3 heteroatoms. The largest absolute Gasteiger partial charge is 0.321 e. The number of hydrogen-bond donors (Lipinski definition) is 1. The molecule has 0 spiro atoms. The minimum Gasteiger partial charge on any atom is -0.316 e. The standard InChI is InChI=1S/C21H16N2O/c1-15-10-11-18-17(14-15)19(16-8-4-2-5-9-16)20(21(24)22-18)23-12-6-3-7-13-23/h2-14H,1H3/p+1. The number of pyridine rings is 2. The van der Waals surface area contributed by atoms with E-state index in [1.54, 1.807) is 0 Å². The van der Waals surface area contributed by atoms with Gasteiger partial charge in [-0.2, -0.15) is 4.57 Å². The first-order valence-corrected chi connectivity index (χ1v) is 7.93. The van der Waals surface area contributed by atoms with Crippen LogP contribution < -0.4 is 10.1 Å². The lowest BCUT2D eigenvalue weighted by molar-refractivity contribution is -0.596. The summed E-state index contributed by atoms with van der Waals surface area (Å²) in [5.74, 6) is 0. The Balaban J connectivity index is 2.19. The number of aromatic nitrogens is 2. The van der Waals surface area contributed by atoms with E-state index in [9.17, 15) is 4.79 Å². The number of rotatable bonds is 2. The van der Waals surface area contributed by atoms with Crippen molar-refractivity contribution < 1.29 is 4.57 Å². The van der Waals surface area contributed by atoms with E-state index >= 15 is 0 Å². The SMILES string of the molecule is Cc1ccc2[nH]c(=O)c(-[n+]3ccccc3)c(-c3ccccc3)c2c1. The molecule has 0 aliphatic carbocycles. The molecule has 0 atom stereocenters. The molecule has 116 valence electrons. The number of fused-ring (bicyclic) bond motifs is 1.